The predicted molar refractivity (Wildman–Crippen MR) is 73.6 cm³/mol. The summed E-state index contributed by atoms with van der Waals surface area (Å²) in [5, 5.41) is 5.83. The van der Waals surface area contributed by atoms with Crippen LogP contribution in [-0.4, -0.2) is 12.1 Å². The van der Waals surface area contributed by atoms with Crippen molar-refractivity contribution < 1.29 is 4.79 Å². The van der Waals surface area contributed by atoms with Crippen molar-refractivity contribution in [1.29, 1.82) is 0 Å². The topological polar surface area (TPSA) is 41.1 Å². The Morgan fingerprint density at radius 3 is 2.44 bits per heavy atom. The number of amides is 2. The summed E-state index contributed by atoms with van der Waals surface area (Å²) >= 11 is 2.24. The quantitative estimate of drug-likeness (QED) is 0.802. The van der Waals surface area contributed by atoms with Gasteiger partial charge in [-0.1, -0.05) is 12.8 Å². The van der Waals surface area contributed by atoms with Gasteiger partial charge in [-0.2, -0.15) is 0 Å². The largest absolute Gasteiger partial charge is 0.335 e. The van der Waals surface area contributed by atoms with E-state index in [0.29, 0.717) is 6.04 Å². The Balaban J connectivity index is 1.84. The lowest BCUT2D eigenvalue weighted by atomic mass is 10.2. The molecule has 1 fully saturated rings. The zero-order chi connectivity index (χ0) is 11.4. The van der Waals surface area contributed by atoms with E-state index in [1.165, 1.54) is 16.4 Å². The third-order valence-corrected chi connectivity index (χ3v) is 3.51. The van der Waals surface area contributed by atoms with Crippen LogP contribution in [0.3, 0.4) is 0 Å². The molecule has 0 aromatic heterocycles. The van der Waals surface area contributed by atoms with Crippen LogP contribution in [0.25, 0.3) is 0 Å². The van der Waals surface area contributed by atoms with Gasteiger partial charge in [-0.15, -0.1) is 0 Å². The lowest BCUT2D eigenvalue weighted by Gasteiger charge is -2.12. The smallest absolute Gasteiger partial charge is 0.319 e. The Labute approximate surface area is 109 Å². The van der Waals surface area contributed by atoms with Gasteiger partial charge in [0.15, 0.2) is 0 Å². The molecule has 0 spiro atoms. The molecule has 1 aliphatic carbocycles. The first-order valence-electron chi connectivity index (χ1n) is 5.57. The molecular formula is C12H15IN2O. The molecule has 0 saturated heterocycles. The van der Waals surface area contributed by atoms with Crippen molar-refractivity contribution in [3.8, 4) is 0 Å². The molecule has 1 aromatic rings. The number of carbonyl (C=O) groups excluding carboxylic acids is 1. The van der Waals surface area contributed by atoms with Gasteiger partial charge in [0.2, 0.25) is 0 Å². The second-order valence-electron chi connectivity index (χ2n) is 4.09. The Bertz CT molecular complexity index is 358. The Hall–Kier alpha value is -0.780. The van der Waals surface area contributed by atoms with Gasteiger partial charge in [0.1, 0.15) is 0 Å². The van der Waals surface area contributed by atoms with Crippen LogP contribution >= 0.6 is 22.6 Å². The van der Waals surface area contributed by atoms with Crippen molar-refractivity contribution in [2.45, 2.75) is 31.7 Å². The average molecular weight is 330 g/mol. The standard InChI is InChI=1S/C12H15IN2O/c13-9-5-7-11(8-6-9)15-12(16)14-10-3-1-2-4-10/h5-8,10H,1-4H2,(H2,14,15,16). The minimum absolute atomic E-state index is 0.0897. The maximum absolute atomic E-state index is 11.6. The molecule has 1 saturated carbocycles. The number of rotatable bonds is 2. The summed E-state index contributed by atoms with van der Waals surface area (Å²) in [4.78, 5) is 11.6. The molecule has 86 valence electrons. The summed E-state index contributed by atoms with van der Waals surface area (Å²) < 4.78 is 1.17. The number of anilines is 1. The van der Waals surface area contributed by atoms with Crippen molar-refractivity contribution in [2.24, 2.45) is 0 Å². The Kier molecular flexibility index (Phi) is 4.04. The summed E-state index contributed by atoms with van der Waals surface area (Å²) in [7, 11) is 0. The van der Waals surface area contributed by atoms with Crippen LogP contribution in [0.1, 0.15) is 25.7 Å². The number of urea groups is 1. The molecule has 3 nitrogen and oxygen atoms in total. The van der Waals surface area contributed by atoms with Crippen LogP contribution in [-0.2, 0) is 0 Å². The molecule has 0 aliphatic heterocycles. The Morgan fingerprint density at radius 1 is 1.19 bits per heavy atom. The van der Waals surface area contributed by atoms with E-state index in [4.69, 9.17) is 0 Å². The number of nitrogens with one attached hydrogen (secondary N) is 2. The summed E-state index contributed by atoms with van der Waals surface area (Å²) in [6.07, 6.45) is 4.68. The van der Waals surface area contributed by atoms with Gasteiger partial charge >= 0.3 is 6.03 Å². The lowest BCUT2D eigenvalue weighted by Crippen LogP contribution is -2.36. The first-order valence-corrected chi connectivity index (χ1v) is 6.65. The highest BCUT2D eigenvalue weighted by Crippen LogP contribution is 2.18. The van der Waals surface area contributed by atoms with Crippen LogP contribution in [0, 0.1) is 3.57 Å². The monoisotopic (exact) mass is 330 g/mol. The van der Waals surface area contributed by atoms with Gasteiger partial charge in [0.05, 0.1) is 0 Å². The molecule has 0 radical (unpaired) electrons. The molecule has 2 amide bonds. The van der Waals surface area contributed by atoms with E-state index in [0.717, 1.165) is 18.5 Å². The number of halogens is 1. The van der Waals surface area contributed by atoms with E-state index < -0.39 is 0 Å². The van der Waals surface area contributed by atoms with Crippen molar-refractivity contribution in [3.05, 3.63) is 27.8 Å². The van der Waals surface area contributed by atoms with Crippen LogP contribution in [0.4, 0.5) is 10.5 Å². The molecule has 2 rings (SSSR count). The number of hydrogen-bond acceptors (Lipinski definition) is 1. The zero-order valence-corrected chi connectivity index (χ0v) is 11.2. The highest BCUT2D eigenvalue weighted by molar-refractivity contribution is 14.1. The number of carbonyl (C=O) groups is 1. The molecule has 2 N–H and O–H groups in total. The summed E-state index contributed by atoms with van der Waals surface area (Å²) in [6, 6.07) is 8.06. The second-order valence-corrected chi connectivity index (χ2v) is 5.33. The first kappa shape index (κ1) is 11.7. The van der Waals surface area contributed by atoms with Gasteiger partial charge < -0.3 is 10.6 Å². The van der Waals surface area contributed by atoms with Crippen molar-refractivity contribution >= 4 is 34.3 Å². The van der Waals surface area contributed by atoms with Gasteiger partial charge in [-0.05, 0) is 59.7 Å². The fourth-order valence-electron chi connectivity index (χ4n) is 1.96. The number of hydrogen-bond donors (Lipinski definition) is 2. The van der Waals surface area contributed by atoms with Crippen LogP contribution in [0.15, 0.2) is 24.3 Å². The van der Waals surface area contributed by atoms with E-state index in [1.54, 1.807) is 0 Å². The van der Waals surface area contributed by atoms with Crippen molar-refractivity contribution in [3.63, 3.8) is 0 Å². The fraction of sp³-hybridized carbons (Fsp3) is 0.417. The molecule has 4 heteroatoms. The third-order valence-electron chi connectivity index (χ3n) is 2.79. The maximum Gasteiger partial charge on any atom is 0.319 e. The Morgan fingerprint density at radius 2 is 1.81 bits per heavy atom. The normalized spacial score (nSPS) is 16.1. The molecule has 1 aromatic carbocycles. The SMILES string of the molecule is O=C(Nc1ccc(I)cc1)NC1CCCC1. The second kappa shape index (κ2) is 5.52. The molecule has 0 atom stereocenters. The average Bonchev–Trinajstić information content (AvgIpc) is 2.74. The van der Waals surface area contributed by atoms with E-state index in [9.17, 15) is 4.79 Å². The maximum atomic E-state index is 11.6. The fourth-order valence-corrected chi connectivity index (χ4v) is 2.32. The number of benzene rings is 1. The molecule has 1 aliphatic rings. The molecule has 16 heavy (non-hydrogen) atoms. The van der Waals surface area contributed by atoms with Crippen molar-refractivity contribution in [1.82, 2.24) is 5.32 Å². The van der Waals surface area contributed by atoms with Gasteiger partial charge in [0, 0.05) is 15.3 Å². The van der Waals surface area contributed by atoms with Crippen LogP contribution in [0.2, 0.25) is 0 Å². The van der Waals surface area contributed by atoms with Crippen LogP contribution < -0.4 is 10.6 Å². The van der Waals surface area contributed by atoms with E-state index in [1.807, 2.05) is 24.3 Å². The summed E-state index contributed by atoms with van der Waals surface area (Å²) in [5.41, 5.74) is 0.843. The molecule has 0 unspecified atom stereocenters. The van der Waals surface area contributed by atoms with Gasteiger partial charge in [-0.3, -0.25) is 0 Å². The van der Waals surface area contributed by atoms with E-state index >= 15 is 0 Å². The lowest BCUT2D eigenvalue weighted by molar-refractivity contribution is 0.248. The summed E-state index contributed by atoms with van der Waals surface area (Å²) in [5.74, 6) is 0. The molecule has 0 heterocycles. The highest BCUT2D eigenvalue weighted by Gasteiger charge is 2.16. The zero-order valence-electron chi connectivity index (χ0n) is 9.00. The highest BCUT2D eigenvalue weighted by atomic mass is 127. The minimum Gasteiger partial charge on any atom is -0.335 e. The van der Waals surface area contributed by atoms with E-state index in [-0.39, 0.29) is 6.03 Å². The minimum atomic E-state index is -0.0897. The van der Waals surface area contributed by atoms with Crippen molar-refractivity contribution in [2.75, 3.05) is 5.32 Å². The first-order chi connectivity index (χ1) is 7.74. The van der Waals surface area contributed by atoms with Gasteiger partial charge in [0.25, 0.3) is 0 Å². The summed E-state index contributed by atoms with van der Waals surface area (Å²) in [6.45, 7) is 0. The molecular weight excluding hydrogens is 315 g/mol. The predicted octanol–water partition coefficient (Wildman–Crippen LogP) is 3.36. The van der Waals surface area contributed by atoms with Gasteiger partial charge in [-0.25, -0.2) is 4.79 Å². The van der Waals surface area contributed by atoms with Crippen LogP contribution in [0.5, 0.6) is 0 Å². The van der Waals surface area contributed by atoms with E-state index in [2.05, 4.69) is 33.2 Å². The molecule has 0 bridgehead atoms. The third kappa shape index (κ3) is 3.37.